The molecular weight excluding hydrogens is 258 g/mol. The first-order valence-electron chi connectivity index (χ1n) is 6.38. The van der Waals surface area contributed by atoms with Crippen LogP contribution in [0.4, 0.5) is 0 Å². The smallest absolute Gasteiger partial charge is 0.339 e. The molecule has 1 aliphatic heterocycles. The van der Waals surface area contributed by atoms with Crippen LogP contribution in [0.3, 0.4) is 0 Å². The highest BCUT2D eigenvalue weighted by Crippen LogP contribution is 2.12. The number of nitrogens with zero attached hydrogens (tertiary/aromatic N) is 5. The summed E-state index contributed by atoms with van der Waals surface area (Å²) in [6.07, 6.45) is 3.31. The van der Waals surface area contributed by atoms with Crippen LogP contribution in [0.5, 0.6) is 0 Å². The first-order chi connectivity index (χ1) is 9.76. The fraction of sp³-hybridized carbons (Fsp3) is 0.385. The van der Waals surface area contributed by atoms with E-state index in [1.165, 1.54) is 7.11 Å². The highest BCUT2D eigenvalue weighted by atomic mass is 16.5. The summed E-state index contributed by atoms with van der Waals surface area (Å²) in [6, 6.07) is 3.59. The van der Waals surface area contributed by atoms with E-state index in [2.05, 4.69) is 29.4 Å². The van der Waals surface area contributed by atoms with E-state index in [0.717, 1.165) is 37.7 Å². The average Bonchev–Trinajstić information content (AvgIpc) is 2.95. The fourth-order valence-corrected chi connectivity index (χ4v) is 2.24. The molecule has 0 saturated heterocycles. The average molecular weight is 273 g/mol. The molecule has 0 fully saturated rings. The summed E-state index contributed by atoms with van der Waals surface area (Å²) in [6.45, 7) is 3.32. The van der Waals surface area contributed by atoms with Gasteiger partial charge in [-0.2, -0.15) is 0 Å². The van der Waals surface area contributed by atoms with Gasteiger partial charge in [-0.15, -0.1) is 10.2 Å². The second-order valence-corrected chi connectivity index (χ2v) is 4.68. The Morgan fingerprint density at radius 1 is 1.40 bits per heavy atom. The molecule has 1 aliphatic rings. The zero-order valence-corrected chi connectivity index (χ0v) is 11.2. The number of rotatable bonds is 3. The van der Waals surface area contributed by atoms with Gasteiger partial charge in [0.25, 0.3) is 0 Å². The van der Waals surface area contributed by atoms with Crippen molar-refractivity contribution < 1.29 is 9.53 Å². The molecule has 7 heteroatoms. The molecule has 0 aliphatic carbocycles. The molecule has 3 rings (SSSR count). The van der Waals surface area contributed by atoms with Gasteiger partial charge < -0.3 is 9.30 Å². The zero-order chi connectivity index (χ0) is 13.9. The van der Waals surface area contributed by atoms with Crippen LogP contribution in [-0.4, -0.2) is 44.3 Å². The minimum absolute atomic E-state index is 0.366. The normalized spacial score (nSPS) is 14.8. The van der Waals surface area contributed by atoms with Gasteiger partial charge in [-0.05, 0) is 12.1 Å². The molecule has 0 bridgehead atoms. The van der Waals surface area contributed by atoms with Gasteiger partial charge in [-0.3, -0.25) is 9.88 Å². The number of hydrogen-bond donors (Lipinski definition) is 0. The molecule has 0 aromatic carbocycles. The number of carbonyl (C=O) groups excluding carboxylic acids is 1. The van der Waals surface area contributed by atoms with E-state index in [1.807, 2.05) is 6.07 Å². The monoisotopic (exact) mass is 273 g/mol. The molecule has 0 radical (unpaired) electrons. The maximum absolute atomic E-state index is 11.3. The Morgan fingerprint density at radius 3 is 3.05 bits per heavy atom. The third-order valence-electron chi connectivity index (χ3n) is 3.35. The Balaban J connectivity index is 1.65. The molecule has 20 heavy (non-hydrogen) atoms. The lowest BCUT2D eigenvalue weighted by Crippen LogP contribution is -2.33. The second-order valence-electron chi connectivity index (χ2n) is 4.68. The molecule has 0 saturated carbocycles. The Bertz CT molecular complexity index is 607. The summed E-state index contributed by atoms with van der Waals surface area (Å²) in [4.78, 5) is 17.9. The number of aromatic nitrogens is 4. The summed E-state index contributed by atoms with van der Waals surface area (Å²) in [5.74, 6) is 0.609. The molecule has 2 aromatic rings. The van der Waals surface area contributed by atoms with Crippen molar-refractivity contribution in [1.82, 2.24) is 24.6 Å². The minimum atomic E-state index is -0.366. The number of carbonyl (C=O) groups is 1. The standard InChI is InChI=1S/C13H15N5O2/c1-20-13(19)10-2-3-11(14-6-10)7-17-4-5-18-9-15-16-12(18)8-17/h2-3,6,9H,4-5,7-8H2,1H3. The van der Waals surface area contributed by atoms with Crippen LogP contribution in [0.25, 0.3) is 0 Å². The largest absolute Gasteiger partial charge is 0.465 e. The third-order valence-corrected chi connectivity index (χ3v) is 3.35. The molecule has 3 heterocycles. The van der Waals surface area contributed by atoms with Crippen molar-refractivity contribution in [3.63, 3.8) is 0 Å². The van der Waals surface area contributed by atoms with Crippen LogP contribution in [0, 0.1) is 0 Å². The number of ether oxygens (including phenoxy) is 1. The van der Waals surface area contributed by atoms with Crippen LogP contribution in [0.2, 0.25) is 0 Å². The minimum Gasteiger partial charge on any atom is -0.465 e. The lowest BCUT2D eigenvalue weighted by atomic mass is 10.2. The summed E-state index contributed by atoms with van der Waals surface area (Å²) < 4.78 is 6.71. The van der Waals surface area contributed by atoms with Crippen molar-refractivity contribution >= 4 is 5.97 Å². The van der Waals surface area contributed by atoms with E-state index >= 15 is 0 Å². The molecule has 0 N–H and O–H groups in total. The third kappa shape index (κ3) is 2.53. The molecule has 0 unspecified atom stereocenters. The van der Waals surface area contributed by atoms with Crippen LogP contribution in [-0.2, 0) is 24.4 Å². The van der Waals surface area contributed by atoms with Crippen molar-refractivity contribution in [2.24, 2.45) is 0 Å². The van der Waals surface area contributed by atoms with E-state index in [1.54, 1.807) is 18.6 Å². The molecule has 0 amide bonds. The van der Waals surface area contributed by atoms with Crippen molar-refractivity contribution in [1.29, 1.82) is 0 Å². The SMILES string of the molecule is COC(=O)c1ccc(CN2CCn3cnnc3C2)nc1. The first-order valence-corrected chi connectivity index (χ1v) is 6.38. The molecule has 7 nitrogen and oxygen atoms in total. The van der Waals surface area contributed by atoms with E-state index in [4.69, 9.17) is 0 Å². The number of pyridine rings is 1. The van der Waals surface area contributed by atoms with Gasteiger partial charge in [-0.25, -0.2) is 4.79 Å². The topological polar surface area (TPSA) is 73.1 Å². The van der Waals surface area contributed by atoms with Gasteiger partial charge in [0, 0.05) is 25.8 Å². The van der Waals surface area contributed by atoms with Crippen LogP contribution >= 0.6 is 0 Å². The van der Waals surface area contributed by atoms with Gasteiger partial charge in [0.2, 0.25) is 0 Å². The number of hydrogen-bond acceptors (Lipinski definition) is 6. The quantitative estimate of drug-likeness (QED) is 0.757. The predicted octanol–water partition coefficient (Wildman–Crippen LogP) is 0.475. The van der Waals surface area contributed by atoms with Crippen LogP contribution in [0.15, 0.2) is 24.7 Å². The van der Waals surface area contributed by atoms with Crippen molar-refractivity contribution in [2.45, 2.75) is 19.6 Å². The van der Waals surface area contributed by atoms with E-state index in [-0.39, 0.29) is 5.97 Å². The van der Waals surface area contributed by atoms with Gasteiger partial charge in [0.15, 0.2) is 0 Å². The highest BCUT2D eigenvalue weighted by Gasteiger charge is 2.17. The highest BCUT2D eigenvalue weighted by molar-refractivity contribution is 5.88. The number of fused-ring (bicyclic) bond motifs is 1. The van der Waals surface area contributed by atoms with E-state index < -0.39 is 0 Å². The Hall–Kier alpha value is -2.28. The van der Waals surface area contributed by atoms with E-state index in [9.17, 15) is 4.79 Å². The summed E-state index contributed by atoms with van der Waals surface area (Å²) in [5, 5.41) is 7.99. The zero-order valence-electron chi connectivity index (χ0n) is 11.2. The van der Waals surface area contributed by atoms with Gasteiger partial charge in [-0.1, -0.05) is 0 Å². The van der Waals surface area contributed by atoms with Crippen molar-refractivity contribution in [3.8, 4) is 0 Å². The summed E-state index contributed by atoms with van der Waals surface area (Å²) >= 11 is 0. The first kappa shape index (κ1) is 12.7. The predicted molar refractivity (Wildman–Crippen MR) is 69.7 cm³/mol. The van der Waals surface area contributed by atoms with Gasteiger partial charge in [0.1, 0.15) is 12.2 Å². The maximum atomic E-state index is 11.3. The number of methoxy groups -OCH3 is 1. The van der Waals surface area contributed by atoms with Gasteiger partial charge >= 0.3 is 5.97 Å². The van der Waals surface area contributed by atoms with Gasteiger partial charge in [0.05, 0.1) is 24.9 Å². The Morgan fingerprint density at radius 2 is 2.30 bits per heavy atom. The van der Waals surface area contributed by atoms with Crippen LogP contribution in [0.1, 0.15) is 21.9 Å². The molecule has 2 aromatic heterocycles. The summed E-state index contributed by atoms with van der Waals surface area (Å²) in [5.41, 5.74) is 1.39. The lowest BCUT2D eigenvalue weighted by Gasteiger charge is -2.26. The Kier molecular flexibility index (Phi) is 3.42. The second kappa shape index (κ2) is 5.38. The van der Waals surface area contributed by atoms with Crippen molar-refractivity contribution in [2.75, 3.05) is 13.7 Å². The number of esters is 1. The van der Waals surface area contributed by atoms with E-state index in [0.29, 0.717) is 5.56 Å². The summed E-state index contributed by atoms with van der Waals surface area (Å²) in [7, 11) is 1.36. The molecule has 0 spiro atoms. The van der Waals surface area contributed by atoms with Crippen molar-refractivity contribution in [3.05, 3.63) is 41.7 Å². The molecule has 104 valence electrons. The molecular formula is C13H15N5O2. The fourth-order valence-electron chi connectivity index (χ4n) is 2.24. The maximum Gasteiger partial charge on any atom is 0.339 e. The molecule has 0 atom stereocenters. The Labute approximate surface area is 116 Å². The lowest BCUT2D eigenvalue weighted by molar-refractivity contribution is 0.0600. The van der Waals surface area contributed by atoms with Crippen LogP contribution < -0.4 is 0 Å².